The van der Waals surface area contributed by atoms with E-state index in [-0.39, 0.29) is 6.10 Å². The van der Waals surface area contributed by atoms with E-state index in [0.29, 0.717) is 0 Å². The molecule has 3 nitrogen and oxygen atoms in total. The Morgan fingerprint density at radius 3 is 3.00 bits per heavy atom. The van der Waals surface area contributed by atoms with Crippen molar-refractivity contribution in [1.29, 1.82) is 0 Å². The molecule has 0 bridgehead atoms. The first-order valence-electron chi connectivity index (χ1n) is 7.42. The fraction of sp³-hybridized carbons (Fsp3) is 0.529. The molecule has 3 heteroatoms. The minimum atomic E-state index is 0.226. The van der Waals surface area contributed by atoms with Crippen molar-refractivity contribution >= 4 is 0 Å². The Kier molecular flexibility index (Phi) is 6.09. The predicted octanol–water partition coefficient (Wildman–Crippen LogP) is 3.22. The molecule has 1 aliphatic rings. The molecule has 2 rings (SSSR count). The molecule has 1 aliphatic carbocycles. The van der Waals surface area contributed by atoms with Gasteiger partial charge in [0.15, 0.2) is 0 Å². The number of hydrogen-bond acceptors (Lipinski definition) is 3. The van der Waals surface area contributed by atoms with Crippen molar-refractivity contribution < 1.29 is 9.47 Å². The van der Waals surface area contributed by atoms with Crippen LogP contribution in [0.25, 0.3) is 0 Å². The number of nitrogens with one attached hydrogen (secondary N) is 1. The fourth-order valence-corrected chi connectivity index (χ4v) is 2.40. The topological polar surface area (TPSA) is 30.5 Å². The van der Waals surface area contributed by atoms with E-state index in [4.69, 9.17) is 9.47 Å². The van der Waals surface area contributed by atoms with Crippen LogP contribution in [0, 0.1) is 6.92 Å². The van der Waals surface area contributed by atoms with Crippen molar-refractivity contribution in [2.75, 3.05) is 20.3 Å². The average Bonchev–Trinajstić information content (AvgIpc) is 2.47. The van der Waals surface area contributed by atoms with Crippen molar-refractivity contribution in [3.8, 4) is 5.75 Å². The second kappa shape index (κ2) is 8.08. The van der Waals surface area contributed by atoms with Crippen LogP contribution in [0.2, 0.25) is 0 Å². The summed E-state index contributed by atoms with van der Waals surface area (Å²) in [6.07, 6.45) is 8.14. The predicted molar refractivity (Wildman–Crippen MR) is 82.2 cm³/mol. The van der Waals surface area contributed by atoms with Gasteiger partial charge in [-0.2, -0.15) is 0 Å². The monoisotopic (exact) mass is 275 g/mol. The van der Waals surface area contributed by atoms with Crippen LogP contribution in [0.15, 0.2) is 30.4 Å². The Morgan fingerprint density at radius 1 is 1.35 bits per heavy atom. The molecule has 1 atom stereocenters. The maximum atomic E-state index is 6.14. The number of ether oxygens (including phenoxy) is 2. The molecule has 1 N–H and O–H groups in total. The lowest BCUT2D eigenvalue weighted by atomic mass is 10.0. The van der Waals surface area contributed by atoms with E-state index < -0.39 is 0 Å². The van der Waals surface area contributed by atoms with Gasteiger partial charge in [0.25, 0.3) is 0 Å². The molecule has 0 spiro atoms. The van der Waals surface area contributed by atoms with Crippen molar-refractivity contribution in [2.24, 2.45) is 0 Å². The van der Waals surface area contributed by atoms with E-state index in [9.17, 15) is 0 Å². The summed E-state index contributed by atoms with van der Waals surface area (Å²) in [6.45, 7) is 4.51. The fourth-order valence-electron chi connectivity index (χ4n) is 2.40. The number of allylic oxidation sites excluding steroid dienone is 1. The Balaban J connectivity index is 1.99. The Morgan fingerprint density at radius 2 is 2.25 bits per heavy atom. The molecular weight excluding hydrogens is 250 g/mol. The van der Waals surface area contributed by atoms with Gasteiger partial charge in [-0.1, -0.05) is 23.8 Å². The average molecular weight is 275 g/mol. The highest BCUT2D eigenvalue weighted by Gasteiger charge is 2.12. The van der Waals surface area contributed by atoms with Crippen molar-refractivity contribution in [3.63, 3.8) is 0 Å². The van der Waals surface area contributed by atoms with Gasteiger partial charge in [0.1, 0.15) is 11.9 Å². The molecule has 0 saturated heterocycles. The molecule has 0 aliphatic heterocycles. The van der Waals surface area contributed by atoms with Gasteiger partial charge in [0.2, 0.25) is 0 Å². The van der Waals surface area contributed by atoms with Gasteiger partial charge < -0.3 is 14.8 Å². The van der Waals surface area contributed by atoms with Crippen LogP contribution < -0.4 is 10.1 Å². The van der Waals surface area contributed by atoms with Crippen LogP contribution in [-0.2, 0) is 11.3 Å². The Bertz CT molecular complexity index is 443. The van der Waals surface area contributed by atoms with Crippen LogP contribution in [0.3, 0.4) is 0 Å². The molecule has 0 fully saturated rings. The lowest BCUT2D eigenvalue weighted by Gasteiger charge is -2.21. The normalized spacial score (nSPS) is 18.2. The number of hydrogen-bond donors (Lipinski definition) is 1. The lowest BCUT2D eigenvalue weighted by molar-refractivity contribution is 0.198. The van der Waals surface area contributed by atoms with E-state index in [1.54, 1.807) is 7.11 Å². The van der Waals surface area contributed by atoms with Gasteiger partial charge in [-0.05, 0) is 38.3 Å². The Hall–Kier alpha value is -1.32. The van der Waals surface area contributed by atoms with Gasteiger partial charge in [-0.3, -0.25) is 0 Å². The van der Waals surface area contributed by atoms with E-state index in [1.165, 1.54) is 24.0 Å². The van der Waals surface area contributed by atoms with Crippen molar-refractivity contribution in [1.82, 2.24) is 5.32 Å². The van der Waals surface area contributed by atoms with Crippen molar-refractivity contribution in [2.45, 2.75) is 38.8 Å². The molecule has 0 amide bonds. The smallest absolute Gasteiger partial charge is 0.124 e. The molecule has 0 radical (unpaired) electrons. The molecule has 0 aromatic heterocycles. The highest BCUT2D eigenvalue weighted by Crippen LogP contribution is 2.24. The highest BCUT2D eigenvalue weighted by atomic mass is 16.5. The zero-order chi connectivity index (χ0) is 14.2. The summed E-state index contributed by atoms with van der Waals surface area (Å²) in [5.74, 6) is 0.997. The Labute approximate surface area is 122 Å². The summed E-state index contributed by atoms with van der Waals surface area (Å²) in [7, 11) is 1.72. The van der Waals surface area contributed by atoms with E-state index in [0.717, 1.165) is 31.9 Å². The molecule has 0 heterocycles. The number of aryl methyl sites for hydroxylation is 1. The quantitative estimate of drug-likeness (QED) is 0.612. The minimum absolute atomic E-state index is 0.226. The molecule has 0 saturated carbocycles. The largest absolute Gasteiger partial charge is 0.486 e. The van der Waals surface area contributed by atoms with Gasteiger partial charge in [0, 0.05) is 25.8 Å². The number of methoxy groups -OCH3 is 1. The van der Waals surface area contributed by atoms with Crippen molar-refractivity contribution in [3.05, 3.63) is 41.5 Å². The van der Waals surface area contributed by atoms with Crippen LogP contribution in [0.1, 0.15) is 30.4 Å². The zero-order valence-electron chi connectivity index (χ0n) is 12.5. The highest BCUT2D eigenvalue weighted by molar-refractivity contribution is 5.37. The summed E-state index contributed by atoms with van der Waals surface area (Å²) in [5.41, 5.74) is 2.49. The standard InChI is InChI=1S/C17H25NO2/c1-14-8-9-17(20-16-6-4-3-5-7-16)15(12-14)13-18-10-11-19-2/h4,6,8-9,12,16,18H,3,5,7,10-11,13H2,1-2H3. The van der Waals surface area contributed by atoms with Gasteiger partial charge in [0.05, 0.1) is 6.61 Å². The maximum absolute atomic E-state index is 6.14. The van der Waals surface area contributed by atoms with E-state index in [2.05, 4.69) is 42.6 Å². The maximum Gasteiger partial charge on any atom is 0.124 e. The minimum Gasteiger partial charge on any atom is -0.486 e. The second-order valence-electron chi connectivity index (χ2n) is 5.30. The molecule has 1 unspecified atom stereocenters. The van der Waals surface area contributed by atoms with E-state index >= 15 is 0 Å². The number of rotatable bonds is 7. The molecule has 20 heavy (non-hydrogen) atoms. The van der Waals surface area contributed by atoms with Crippen LogP contribution in [-0.4, -0.2) is 26.4 Å². The first kappa shape index (κ1) is 15.1. The van der Waals surface area contributed by atoms with Gasteiger partial charge >= 0.3 is 0 Å². The summed E-state index contributed by atoms with van der Waals surface area (Å²) < 4.78 is 11.2. The molecular formula is C17H25NO2. The molecule has 110 valence electrons. The summed E-state index contributed by atoms with van der Waals surface area (Å²) in [6, 6.07) is 6.40. The van der Waals surface area contributed by atoms with Crippen LogP contribution in [0.5, 0.6) is 5.75 Å². The zero-order valence-corrected chi connectivity index (χ0v) is 12.5. The first-order chi connectivity index (χ1) is 9.79. The first-order valence-corrected chi connectivity index (χ1v) is 7.42. The molecule has 1 aromatic rings. The second-order valence-corrected chi connectivity index (χ2v) is 5.30. The SMILES string of the molecule is COCCNCc1cc(C)ccc1OC1C=CCCC1. The van der Waals surface area contributed by atoms with Crippen LogP contribution in [0.4, 0.5) is 0 Å². The third-order valence-electron chi connectivity index (χ3n) is 3.50. The summed E-state index contributed by atoms with van der Waals surface area (Å²) in [5, 5.41) is 3.38. The molecule has 1 aromatic carbocycles. The number of benzene rings is 1. The summed E-state index contributed by atoms with van der Waals surface area (Å²) in [4.78, 5) is 0. The van der Waals surface area contributed by atoms with Gasteiger partial charge in [-0.25, -0.2) is 0 Å². The summed E-state index contributed by atoms with van der Waals surface area (Å²) >= 11 is 0. The third kappa shape index (κ3) is 4.66. The third-order valence-corrected chi connectivity index (χ3v) is 3.50. The van der Waals surface area contributed by atoms with Gasteiger partial charge in [-0.15, -0.1) is 0 Å². The lowest BCUT2D eigenvalue weighted by Crippen LogP contribution is -2.21. The van der Waals surface area contributed by atoms with Crippen LogP contribution >= 0.6 is 0 Å². The van der Waals surface area contributed by atoms with E-state index in [1.807, 2.05) is 0 Å².